The Kier molecular flexibility index (Phi) is 7.66. The van der Waals surface area contributed by atoms with Gasteiger partial charge < -0.3 is 25.5 Å². The highest BCUT2D eigenvalue weighted by Crippen LogP contribution is 2.29. The SMILES string of the molecule is [B]C(O)(O)n1nc(C(C)(C)n2nccn2)cc1Nc1ncc(C=C)c(/C=C(\CCl)N2CCC(C)(O)CC2)n1. The molecule has 3 aromatic rings. The van der Waals surface area contributed by atoms with Crippen LogP contribution in [-0.4, -0.2) is 87.4 Å². The molecule has 0 aliphatic carbocycles. The summed E-state index contributed by atoms with van der Waals surface area (Å²) in [5.41, 5.74) is 0.967. The van der Waals surface area contributed by atoms with Gasteiger partial charge in [0.15, 0.2) is 7.85 Å². The van der Waals surface area contributed by atoms with E-state index in [0.29, 0.717) is 42.9 Å². The van der Waals surface area contributed by atoms with Crippen molar-refractivity contribution in [3.8, 4) is 0 Å². The molecule has 1 saturated heterocycles. The normalized spacial score (nSPS) is 16.5. The lowest BCUT2D eigenvalue weighted by Crippen LogP contribution is -2.42. The highest BCUT2D eigenvalue weighted by molar-refractivity contribution is 6.19. The second kappa shape index (κ2) is 10.5. The molecule has 4 rings (SSSR count). The van der Waals surface area contributed by atoms with Gasteiger partial charge in [0.25, 0.3) is 0 Å². The minimum Gasteiger partial charge on any atom is -0.390 e. The third-order valence-electron chi connectivity index (χ3n) is 6.56. The highest BCUT2D eigenvalue weighted by atomic mass is 35.5. The van der Waals surface area contributed by atoms with E-state index >= 15 is 0 Å². The lowest BCUT2D eigenvalue weighted by Gasteiger charge is -2.38. The number of piperidine rings is 1. The van der Waals surface area contributed by atoms with Crippen molar-refractivity contribution in [1.82, 2.24) is 39.6 Å². The number of likely N-dealkylation sites (tertiary alicyclic amines) is 1. The molecule has 2 radical (unpaired) electrons. The van der Waals surface area contributed by atoms with E-state index in [-0.39, 0.29) is 17.6 Å². The molecular formula is C24H31BClN9O3. The third-order valence-corrected chi connectivity index (χ3v) is 6.84. The van der Waals surface area contributed by atoms with Crippen LogP contribution < -0.4 is 5.32 Å². The number of halogens is 1. The van der Waals surface area contributed by atoms with Crippen LogP contribution in [0.2, 0.25) is 0 Å². The lowest BCUT2D eigenvalue weighted by molar-refractivity contribution is -0.158. The first-order chi connectivity index (χ1) is 17.8. The first kappa shape index (κ1) is 27.8. The summed E-state index contributed by atoms with van der Waals surface area (Å²) in [4.78, 5) is 12.5. The number of aromatic nitrogens is 7. The highest BCUT2D eigenvalue weighted by Gasteiger charge is 2.33. The van der Waals surface area contributed by atoms with E-state index in [1.807, 2.05) is 26.8 Å². The summed E-state index contributed by atoms with van der Waals surface area (Å²) in [6.07, 6.45) is 9.42. The van der Waals surface area contributed by atoms with Gasteiger partial charge in [-0.2, -0.15) is 20.1 Å². The topological polar surface area (TPSA) is 150 Å². The first-order valence-electron chi connectivity index (χ1n) is 12.1. The van der Waals surface area contributed by atoms with E-state index in [9.17, 15) is 15.3 Å². The van der Waals surface area contributed by atoms with Crippen LogP contribution >= 0.6 is 11.6 Å². The van der Waals surface area contributed by atoms with Crippen LogP contribution in [0.1, 0.15) is 50.6 Å². The third kappa shape index (κ3) is 5.91. The van der Waals surface area contributed by atoms with Crippen LogP contribution in [0, 0.1) is 0 Å². The van der Waals surface area contributed by atoms with E-state index in [1.165, 1.54) is 17.2 Å². The molecule has 14 heteroatoms. The molecule has 0 saturated carbocycles. The van der Waals surface area contributed by atoms with Crippen LogP contribution in [-0.2, 0) is 11.3 Å². The van der Waals surface area contributed by atoms with Crippen molar-refractivity contribution in [3.63, 3.8) is 0 Å². The summed E-state index contributed by atoms with van der Waals surface area (Å²) in [6, 6.07) is 1.58. The molecule has 3 aromatic heterocycles. The Morgan fingerprint density at radius 3 is 2.50 bits per heavy atom. The van der Waals surface area contributed by atoms with E-state index in [1.54, 1.807) is 18.3 Å². The minimum atomic E-state index is -2.81. The predicted molar refractivity (Wildman–Crippen MR) is 144 cm³/mol. The Bertz CT molecular complexity index is 1310. The molecule has 0 atom stereocenters. The molecule has 4 N–H and O–H groups in total. The molecule has 0 unspecified atom stereocenters. The number of rotatable bonds is 9. The van der Waals surface area contributed by atoms with Crippen LogP contribution in [0.15, 0.2) is 36.9 Å². The number of allylic oxidation sites excluding steroid dienone is 1. The first-order valence-corrected chi connectivity index (χ1v) is 12.6. The molecule has 0 amide bonds. The molecule has 1 aliphatic rings. The van der Waals surface area contributed by atoms with Gasteiger partial charge in [0.2, 0.25) is 11.8 Å². The van der Waals surface area contributed by atoms with Crippen molar-refractivity contribution in [2.24, 2.45) is 0 Å². The zero-order chi connectivity index (χ0) is 27.7. The van der Waals surface area contributed by atoms with Crippen LogP contribution in [0.3, 0.4) is 0 Å². The number of nitrogens with zero attached hydrogens (tertiary/aromatic N) is 8. The van der Waals surface area contributed by atoms with Crippen molar-refractivity contribution >= 4 is 43.4 Å². The summed E-state index contributed by atoms with van der Waals surface area (Å²) in [5, 5.41) is 46.3. The fraction of sp³-hybridized carbons (Fsp3) is 0.458. The number of hydrogen-bond donors (Lipinski definition) is 4. The molecule has 1 aliphatic heterocycles. The van der Waals surface area contributed by atoms with Crippen LogP contribution in [0.25, 0.3) is 12.2 Å². The number of anilines is 2. The van der Waals surface area contributed by atoms with Gasteiger partial charge in [-0.05, 0) is 39.7 Å². The smallest absolute Gasteiger partial charge is 0.228 e. The molecule has 38 heavy (non-hydrogen) atoms. The van der Waals surface area contributed by atoms with Crippen LogP contribution in [0.4, 0.5) is 11.8 Å². The van der Waals surface area contributed by atoms with E-state index in [2.05, 4.69) is 42.1 Å². The van der Waals surface area contributed by atoms with Gasteiger partial charge in [0.1, 0.15) is 11.4 Å². The number of aliphatic hydroxyl groups is 3. The van der Waals surface area contributed by atoms with Crippen molar-refractivity contribution in [2.75, 3.05) is 24.3 Å². The second-order valence-corrected chi connectivity index (χ2v) is 10.3. The van der Waals surface area contributed by atoms with Gasteiger partial charge in [0, 0.05) is 36.6 Å². The van der Waals surface area contributed by atoms with E-state index in [4.69, 9.17) is 19.4 Å². The average molecular weight is 540 g/mol. The van der Waals surface area contributed by atoms with E-state index < -0.39 is 17.0 Å². The monoisotopic (exact) mass is 539 g/mol. The van der Waals surface area contributed by atoms with Gasteiger partial charge >= 0.3 is 0 Å². The minimum absolute atomic E-state index is 0.129. The quantitative estimate of drug-likeness (QED) is 0.179. The Balaban J connectivity index is 1.68. The second-order valence-electron chi connectivity index (χ2n) is 10.0. The molecule has 200 valence electrons. The molecule has 4 heterocycles. The van der Waals surface area contributed by atoms with Crippen molar-refractivity contribution in [2.45, 2.75) is 50.6 Å². The Labute approximate surface area is 227 Å². The lowest BCUT2D eigenvalue weighted by atomic mass is 9.93. The average Bonchev–Trinajstić information content (AvgIpc) is 3.54. The molecule has 1 fully saturated rings. The standard InChI is InChI=1S/C24H31BClN9O3/c1-5-16-15-27-21(30-18(16)12-17(14-26)33-10-6-23(4,36)7-11-33)31-20-13-19(32-34(20)24(25,37)38)22(2,3)35-28-8-9-29-35/h5,8-9,12-13,15,36-38H,1,6-7,10-11,14H2,2-4H3,(H,27,30,31)/b17-12+. The van der Waals surface area contributed by atoms with Gasteiger partial charge in [-0.1, -0.05) is 12.7 Å². The maximum absolute atomic E-state index is 10.3. The van der Waals surface area contributed by atoms with Gasteiger partial charge in [-0.15, -0.1) is 11.6 Å². The maximum Gasteiger partial charge on any atom is 0.228 e. The summed E-state index contributed by atoms with van der Waals surface area (Å²) < 4.78 is 0.817. The number of alkyl halides is 1. The predicted octanol–water partition coefficient (Wildman–Crippen LogP) is 1.58. The number of hydrogen-bond acceptors (Lipinski definition) is 10. The summed E-state index contributed by atoms with van der Waals surface area (Å²) >= 11 is 6.30. The molecular weight excluding hydrogens is 509 g/mol. The van der Waals surface area contributed by atoms with Crippen molar-refractivity contribution in [3.05, 3.63) is 53.9 Å². The molecule has 0 bridgehead atoms. The van der Waals surface area contributed by atoms with Crippen molar-refractivity contribution < 1.29 is 15.3 Å². The maximum atomic E-state index is 10.3. The Morgan fingerprint density at radius 2 is 1.92 bits per heavy atom. The summed E-state index contributed by atoms with van der Waals surface area (Å²) in [6.45, 7) is 10.7. The van der Waals surface area contributed by atoms with E-state index in [0.717, 1.165) is 10.4 Å². The number of nitrogens with one attached hydrogen (secondary N) is 1. The zero-order valence-corrected chi connectivity index (χ0v) is 22.3. The molecule has 0 aromatic carbocycles. The van der Waals surface area contributed by atoms with Gasteiger partial charge in [0.05, 0.1) is 35.3 Å². The molecule has 0 spiro atoms. The largest absolute Gasteiger partial charge is 0.390 e. The van der Waals surface area contributed by atoms with Gasteiger partial charge in [-0.25, -0.2) is 14.6 Å². The van der Waals surface area contributed by atoms with Crippen molar-refractivity contribution in [1.29, 1.82) is 0 Å². The Morgan fingerprint density at radius 1 is 1.26 bits per heavy atom. The Hall–Kier alpha value is -3.26. The summed E-state index contributed by atoms with van der Waals surface area (Å²) in [7, 11) is 5.58. The van der Waals surface area contributed by atoms with Gasteiger partial charge in [-0.3, -0.25) is 0 Å². The fourth-order valence-electron chi connectivity index (χ4n) is 4.13. The van der Waals surface area contributed by atoms with Crippen LogP contribution in [0.5, 0.6) is 0 Å². The summed E-state index contributed by atoms with van der Waals surface area (Å²) in [5.74, 6) is -2.27. The molecule has 12 nitrogen and oxygen atoms in total. The zero-order valence-electron chi connectivity index (χ0n) is 21.6. The fourth-order valence-corrected chi connectivity index (χ4v) is 4.37.